The van der Waals surface area contributed by atoms with Gasteiger partial charge in [-0.3, -0.25) is 14.9 Å². The van der Waals surface area contributed by atoms with Crippen molar-refractivity contribution < 1.29 is 14.0 Å². The number of carbonyl (C=O) groups excluding carboxylic acids is 2. The van der Waals surface area contributed by atoms with Gasteiger partial charge >= 0.3 is 0 Å². The summed E-state index contributed by atoms with van der Waals surface area (Å²) in [5, 5.41) is 3.19. The molecular formula is C16H20FN3O2S. The van der Waals surface area contributed by atoms with Crippen molar-refractivity contribution in [3.63, 3.8) is 0 Å². The molecule has 0 spiro atoms. The molecule has 0 aromatic heterocycles. The Hall–Kier alpha value is -1.60. The Balaban J connectivity index is 1.60. The number of nitrogens with zero attached hydrogens (tertiary/aromatic N) is 2. The lowest BCUT2D eigenvalue weighted by Gasteiger charge is -2.24. The average Bonchev–Trinajstić information content (AvgIpc) is 2.99. The monoisotopic (exact) mass is 337 g/mol. The highest BCUT2D eigenvalue weighted by atomic mass is 32.2. The summed E-state index contributed by atoms with van der Waals surface area (Å²) in [6, 6.07) is 5.50. The molecule has 3 rings (SSSR count). The third-order valence-electron chi connectivity index (χ3n) is 4.20. The van der Waals surface area contributed by atoms with E-state index in [0.717, 1.165) is 18.1 Å². The van der Waals surface area contributed by atoms with E-state index < -0.39 is 0 Å². The van der Waals surface area contributed by atoms with Gasteiger partial charge in [0.15, 0.2) is 0 Å². The van der Waals surface area contributed by atoms with Crippen LogP contribution in [0, 0.1) is 5.82 Å². The van der Waals surface area contributed by atoms with Crippen LogP contribution >= 0.6 is 11.8 Å². The maximum absolute atomic E-state index is 13.0. The van der Waals surface area contributed by atoms with Crippen molar-refractivity contribution in [1.29, 1.82) is 0 Å². The first-order valence-corrected chi connectivity index (χ1v) is 8.95. The fraction of sp³-hybridized carbons (Fsp3) is 0.500. The maximum atomic E-state index is 13.0. The summed E-state index contributed by atoms with van der Waals surface area (Å²) < 4.78 is 13.0. The van der Waals surface area contributed by atoms with Gasteiger partial charge in [-0.1, -0.05) is 0 Å². The predicted molar refractivity (Wildman–Crippen MR) is 87.7 cm³/mol. The quantitative estimate of drug-likeness (QED) is 0.880. The fourth-order valence-corrected chi connectivity index (χ4v) is 3.82. The third kappa shape index (κ3) is 3.84. The molecule has 2 aliphatic heterocycles. The van der Waals surface area contributed by atoms with Crippen LogP contribution in [0.4, 0.5) is 4.39 Å². The average molecular weight is 337 g/mol. The minimum absolute atomic E-state index is 0.0978. The van der Waals surface area contributed by atoms with E-state index in [1.54, 1.807) is 16.7 Å². The van der Waals surface area contributed by atoms with Gasteiger partial charge in [-0.2, -0.15) is 0 Å². The number of halogens is 1. The van der Waals surface area contributed by atoms with Gasteiger partial charge in [0.05, 0.1) is 6.04 Å². The Labute approximate surface area is 139 Å². The zero-order valence-corrected chi connectivity index (χ0v) is 13.7. The van der Waals surface area contributed by atoms with E-state index in [1.165, 1.54) is 24.3 Å². The number of hydrogen-bond donors (Lipinski definition) is 1. The Kier molecular flexibility index (Phi) is 5.17. The standard InChI is InChI=1S/C16H20FN3O2S/c17-13-4-2-12(3-5-13)15(21)19-6-1-7-20(9-8-19)16(22)14-10-23-11-18-14/h2-5,14,18H,1,6-11H2. The summed E-state index contributed by atoms with van der Waals surface area (Å²) in [5.41, 5.74) is 0.486. The van der Waals surface area contributed by atoms with Crippen LogP contribution in [0.2, 0.25) is 0 Å². The number of thioether (sulfide) groups is 1. The maximum Gasteiger partial charge on any atom is 0.253 e. The minimum Gasteiger partial charge on any atom is -0.339 e. The normalized spacial score (nSPS) is 22.0. The molecule has 2 heterocycles. The van der Waals surface area contributed by atoms with E-state index in [2.05, 4.69) is 5.32 Å². The zero-order valence-electron chi connectivity index (χ0n) is 12.8. The number of amides is 2. The third-order valence-corrected chi connectivity index (χ3v) is 5.14. The van der Waals surface area contributed by atoms with Gasteiger partial charge in [0.2, 0.25) is 5.91 Å². The number of hydrogen-bond acceptors (Lipinski definition) is 4. The highest BCUT2D eigenvalue weighted by molar-refractivity contribution is 7.99. The molecule has 0 radical (unpaired) electrons. The van der Waals surface area contributed by atoms with Crippen molar-refractivity contribution >= 4 is 23.6 Å². The first-order chi connectivity index (χ1) is 11.1. The van der Waals surface area contributed by atoms with Gasteiger partial charge in [-0.25, -0.2) is 4.39 Å². The summed E-state index contributed by atoms with van der Waals surface area (Å²) in [5.74, 6) is 1.31. The topological polar surface area (TPSA) is 52.7 Å². The van der Waals surface area contributed by atoms with Crippen molar-refractivity contribution in [3.05, 3.63) is 35.6 Å². The van der Waals surface area contributed by atoms with E-state index >= 15 is 0 Å². The molecule has 2 fully saturated rings. The Morgan fingerprint density at radius 3 is 2.48 bits per heavy atom. The molecule has 0 saturated carbocycles. The lowest BCUT2D eigenvalue weighted by atomic mass is 10.2. The van der Waals surface area contributed by atoms with Crippen molar-refractivity contribution in [2.24, 2.45) is 0 Å². The molecule has 0 aliphatic carbocycles. The lowest BCUT2D eigenvalue weighted by molar-refractivity contribution is -0.132. The molecule has 23 heavy (non-hydrogen) atoms. The molecule has 0 bridgehead atoms. The van der Waals surface area contributed by atoms with E-state index in [9.17, 15) is 14.0 Å². The summed E-state index contributed by atoms with van der Waals surface area (Å²) in [4.78, 5) is 28.5. The highest BCUT2D eigenvalue weighted by Crippen LogP contribution is 2.15. The molecule has 1 N–H and O–H groups in total. The van der Waals surface area contributed by atoms with Crippen molar-refractivity contribution in [2.75, 3.05) is 37.8 Å². The van der Waals surface area contributed by atoms with Gasteiger partial charge in [0.25, 0.3) is 5.91 Å². The fourth-order valence-electron chi connectivity index (χ4n) is 2.89. The summed E-state index contributed by atoms with van der Waals surface area (Å²) in [6.45, 7) is 2.36. The first-order valence-electron chi connectivity index (χ1n) is 7.80. The Morgan fingerprint density at radius 1 is 1.09 bits per heavy atom. The van der Waals surface area contributed by atoms with Crippen LogP contribution in [0.5, 0.6) is 0 Å². The van der Waals surface area contributed by atoms with Crippen molar-refractivity contribution in [1.82, 2.24) is 15.1 Å². The van der Waals surface area contributed by atoms with E-state index in [4.69, 9.17) is 0 Å². The molecule has 2 amide bonds. The first kappa shape index (κ1) is 16.3. The van der Waals surface area contributed by atoms with Crippen molar-refractivity contribution in [2.45, 2.75) is 12.5 Å². The Morgan fingerprint density at radius 2 is 1.78 bits per heavy atom. The molecule has 1 aromatic carbocycles. The largest absolute Gasteiger partial charge is 0.339 e. The van der Waals surface area contributed by atoms with Gasteiger partial charge in [0, 0.05) is 43.4 Å². The van der Waals surface area contributed by atoms with Gasteiger partial charge in [-0.05, 0) is 30.7 Å². The second kappa shape index (κ2) is 7.31. The molecule has 5 nitrogen and oxygen atoms in total. The van der Waals surface area contributed by atoms with Gasteiger partial charge in [0.1, 0.15) is 5.82 Å². The second-order valence-corrected chi connectivity index (χ2v) is 6.78. The van der Waals surface area contributed by atoms with E-state index in [1.807, 2.05) is 4.90 Å². The smallest absolute Gasteiger partial charge is 0.253 e. The number of rotatable bonds is 2. The molecule has 1 aromatic rings. The van der Waals surface area contributed by atoms with Crippen LogP contribution in [-0.2, 0) is 4.79 Å². The Bertz CT molecular complexity index is 575. The zero-order chi connectivity index (χ0) is 16.2. The minimum atomic E-state index is -0.351. The molecule has 124 valence electrons. The van der Waals surface area contributed by atoms with Gasteiger partial charge in [-0.15, -0.1) is 11.8 Å². The summed E-state index contributed by atoms with van der Waals surface area (Å²) in [7, 11) is 0. The number of benzene rings is 1. The molecule has 1 unspecified atom stereocenters. The van der Waals surface area contributed by atoms with Gasteiger partial charge < -0.3 is 9.80 Å². The lowest BCUT2D eigenvalue weighted by Crippen LogP contribution is -2.46. The highest BCUT2D eigenvalue weighted by Gasteiger charge is 2.29. The van der Waals surface area contributed by atoms with Crippen LogP contribution < -0.4 is 5.32 Å². The summed E-state index contributed by atoms with van der Waals surface area (Å²) in [6.07, 6.45) is 0.762. The van der Waals surface area contributed by atoms with Crippen LogP contribution in [-0.4, -0.2) is 65.5 Å². The van der Waals surface area contributed by atoms with Crippen LogP contribution in [0.25, 0.3) is 0 Å². The SMILES string of the molecule is O=C(c1ccc(F)cc1)N1CCCN(C(=O)C2CSCN2)CC1. The number of carbonyl (C=O) groups is 2. The molecule has 2 saturated heterocycles. The molecule has 1 atom stereocenters. The predicted octanol–water partition coefficient (Wildman–Crippen LogP) is 1.16. The van der Waals surface area contributed by atoms with Crippen LogP contribution in [0.1, 0.15) is 16.8 Å². The number of nitrogens with one attached hydrogen (secondary N) is 1. The molecule has 2 aliphatic rings. The summed E-state index contributed by atoms with van der Waals surface area (Å²) >= 11 is 1.73. The van der Waals surface area contributed by atoms with Crippen LogP contribution in [0.15, 0.2) is 24.3 Å². The molecule has 7 heteroatoms. The van der Waals surface area contributed by atoms with E-state index in [0.29, 0.717) is 31.7 Å². The van der Waals surface area contributed by atoms with Crippen LogP contribution in [0.3, 0.4) is 0 Å². The molecular weight excluding hydrogens is 317 g/mol. The van der Waals surface area contributed by atoms with E-state index in [-0.39, 0.29) is 23.7 Å². The second-order valence-electron chi connectivity index (χ2n) is 5.75. The van der Waals surface area contributed by atoms with Crippen molar-refractivity contribution in [3.8, 4) is 0 Å².